The molecular formula is C43H63ClN4O3S. The van der Waals surface area contributed by atoms with E-state index in [-0.39, 0.29) is 17.1 Å². The highest BCUT2D eigenvalue weighted by Crippen LogP contribution is 2.44. The van der Waals surface area contributed by atoms with Crippen LogP contribution in [-0.2, 0) is 11.2 Å². The minimum absolute atomic E-state index is 0.0938. The average Bonchev–Trinajstić information content (AvgIpc) is 3.29. The molecule has 6 atom stereocenters. The van der Waals surface area contributed by atoms with Gasteiger partial charge in [0.2, 0.25) is 0 Å². The Balaban J connectivity index is 1.43. The van der Waals surface area contributed by atoms with Gasteiger partial charge >= 0.3 is 0 Å². The molecule has 5 rings (SSSR count). The second-order valence-corrected chi connectivity index (χ2v) is 18.1. The normalized spacial score (nSPS) is 23.5. The van der Waals surface area contributed by atoms with E-state index in [0.29, 0.717) is 42.5 Å². The van der Waals surface area contributed by atoms with Crippen molar-refractivity contribution in [1.29, 1.82) is 0 Å². The number of anilines is 1. The van der Waals surface area contributed by atoms with Crippen LogP contribution in [0.4, 0.5) is 5.69 Å². The number of likely N-dealkylation sites (tertiary alicyclic amines) is 1. The van der Waals surface area contributed by atoms with Gasteiger partial charge in [-0.3, -0.25) is 9.69 Å². The molecule has 0 radical (unpaired) electrons. The van der Waals surface area contributed by atoms with Gasteiger partial charge in [-0.2, -0.15) is 0 Å². The first kappa shape index (κ1) is 40.5. The molecule has 1 aliphatic carbocycles. The summed E-state index contributed by atoms with van der Waals surface area (Å²) in [4.78, 5) is 32.8. The Morgan fingerprint density at radius 3 is 2.67 bits per heavy atom. The number of amides is 1. The van der Waals surface area contributed by atoms with Gasteiger partial charge in [0.25, 0.3) is 5.91 Å². The van der Waals surface area contributed by atoms with E-state index >= 15 is 0 Å². The number of benzene rings is 2. The lowest BCUT2D eigenvalue weighted by Crippen LogP contribution is -2.49. The Labute approximate surface area is 321 Å². The Bertz CT molecular complexity index is 1550. The lowest BCUT2D eigenvalue weighted by molar-refractivity contribution is -0.109. The van der Waals surface area contributed by atoms with Gasteiger partial charge in [0.05, 0.1) is 18.8 Å². The largest absolute Gasteiger partial charge is 0.491 e. The number of ether oxygens (including phenoxy) is 1. The van der Waals surface area contributed by atoms with Crippen LogP contribution < -0.4 is 14.4 Å². The highest BCUT2D eigenvalue weighted by molar-refractivity contribution is 8.13. The molecule has 1 saturated carbocycles. The van der Waals surface area contributed by atoms with Crippen molar-refractivity contribution in [3.63, 3.8) is 0 Å². The van der Waals surface area contributed by atoms with Gasteiger partial charge < -0.3 is 24.1 Å². The Hall–Kier alpha value is -2.65. The molecule has 2 fully saturated rings. The minimum atomic E-state index is -0.470. The Morgan fingerprint density at radius 2 is 1.98 bits per heavy atom. The predicted molar refractivity (Wildman–Crippen MR) is 222 cm³/mol. The number of carbonyl (C=O) groups excluding carboxylic acids is 2. The van der Waals surface area contributed by atoms with E-state index in [4.69, 9.17) is 16.3 Å². The molecule has 2 aromatic carbocycles. The minimum Gasteiger partial charge on any atom is -0.491 e. The molecular weight excluding hydrogens is 688 g/mol. The number of nitrogens with one attached hydrogen (secondary N) is 1. The first-order chi connectivity index (χ1) is 25.1. The maximum Gasteiger partial charge on any atom is 0.260 e. The summed E-state index contributed by atoms with van der Waals surface area (Å²) >= 11 is 6.51. The molecule has 286 valence electrons. The van der Waals surface area contributed by atoms with Gasteiger partial charge in [-0.1, -0.05) is 86.9 Å². The topological polar surface area (TPSA) is 65.1 Å². The van der Waals surface area contributed by atoms with Crippen molar-refractivity contribution >= 4 is 46.0 Å². The van der Waals surface area contributed by atoms with Crippen LogP contribution in [-0.4, -0.2) is 92.1 Å². The summed E-state index contributed by atoms with van der Waals surface area (Å²) in [5.41, 5.74) is 4.21. The maximum atomic E-state index is 13.5. The number of aldehydes is 1. The fourth-order valence-electron chi connectivity index (χ4n) is 8.37. The third kappa shape index (κ3) is 10.5. The molecule has 7 nitrogen and oxygen atoms in total. The van der Waals surface area contributed by atoms with E-state index < -0.39 is 10.7 Å². The molecule has 52 heavy (non-hydrogen) atoms. The van der Waals surface area contributed by atoms with Crippen LogP contribution in [0.2, 0.25) is 5.02 Å². The quantitative estimate of drug-likeness (QED) is 0.0993. The summed E-state index contributed by atoms with van der Waals surface area (Å²) in [6.07, 6.45) is 15.0. The highest BCUT2D eigenvalue weighted by Gasteiger charge is 2.39. The Morgan fingerprint density at radius 1 is 1.15 bits per heavy atom. The fourth-order valence-corrected chi connectivity index (χ4v) is 9.16. The van der Waals surface area contributed by atoms with Gasteiger partial charge in [0, 0.05) is 54.0 Å². The number of rotatable bonds is 17. The zero-order valence-electron chi connectivity index (χ0n) is 32.3. The number of hydrogen-bond acceptors (Lipinski definition) is 6. The number of aryl methyl sites for hydroxylation is 1. The van der Waals surface area contributed by atoms with Crippen LogP contribution in [0.3, 0.4) is 0 Å². The summed E-state index contributed by atoms with van der Waals surface area (Å²) in [6.45, 7) is 14.3. The summed E-state index contributed by atoms with van der Waals surface area (Å²) < 4.78 is 9.74. The van der Waals surface area contributed by atoms with Crippen LogP contribution in [0.15, 0.2) is 48.6 Å². The smallest absolute Gasteiger partial charge is 0.260 e. The number of carbonyl (C=O) groups is 2. The van der Waals surface area contributed by atoms with Gasteiger partial charge in [0.1, 0.15) is 12.0 Å². The first-order valence-electron chi connectivity index (χ1n) is 19.8. The van der Waals surface area contributed by atoms with Crippen molar-refractivity contribution in [3.05, 3.63) is 70.3 Å². The van der Waals surface area contributed by atoms with E-state index in [9.17, 15) is 9.59 Å². The first-order valence-corrected chi connectivity index (χ1v) is 21.6. The van der Waals surface area contributed by atoms with Crippen molar-refractivity contribution in [2.24, 2.45) is 17.8 Å². The summed E-state index contributed by atoms with van der Waals surface area (Å²) in [5, 5.41) is 1.03. The number of piperidine rings is 1. The molecule has 1 amide bonds. The number of hydrogen-bond donors (Lipinski definition) is 1. The zero-order valence-corrected chi connectivity index (χ0v) is 33.9. The number of halogens is 1. The zero-order chi connectivity index (χ0) is 37.2. The van der Waals surface area contributed by atoms with Crippen LogP contribution in [0.1, 0.15) is 100 Å². The number of likely N-dealkylation sites (N-methyl/N-ethyl adjacent to an activating group) is 1. The number of fused-ring (bicyclic) bond motifs is 1. The van der Waals surface area contributed by atoms with Crippen molar-refractivity contribution in [3.8, 4) is 5.75 Å². The van der Waals surface area contributed by atoms with Crippen LogP contribution in [0.25, 0.3) is 0 Å². The molecule has 2 heterocycles. The summed E-state index contributed by atoms with van der Waals surface area (Å²) in [7, 11) is 1.77. The molecule has 1 saturated heterocycles. The SMILES string of the molecule is C=S(NC(=O)c1ccc2c(c1)N(CC1CCC1C(/C=C/CC)CN(CC=O)CC1CCCCN1C)CC(c1ccc(Cl)cc1CCC)CO2)C(C)C. The molecule has 0 aromatic heterocycles. The summed E-state index contributed by atoms with van der Waals surface area (Å²) in [6, 6.07) is 12.7. The van der Waals surface area contributed by atoms with E-state index in [1.165, 1.54) is 43.2 Å². The maximum absolute atomic E-state index is 13.5. The third-order valence-corrected chi connectivity index (χ3v) is 13.4. The average molecular weight is 752 g/mol. The monoisotopic (exact) mass is 750 g/mol. The molecule has 1 N–H and O–H groups in total. The van der Waals surface area contributed by atoms with E-state index in [1.807, 2.05) is 24.3 Å². The lowest BCUT2D eigenvalue weighted by atomic mass is 9.66. The van der Waals surface area contributed by atoms with Crippen molar-refractivity contribution in [2.75, 3.05) is 57.8 Å². The molecule has 0 bridgehead atoms. The molecule has 2 aliphatic heterocycles. The Kier molecular flexibility index (Phi) is 15.3. The molecule has 6 unspecified atom stereocenters. The third-order valence-electron chi connectivity index (χ3n) is 11.6. The van der Waals surface area contributed by atoms with Crippen molar-refractivity contribution in [1.82, 2.24) is 14.5 Å². The van der Waals surface area contributed by atoms with E-state index in [0.717, 1.165) is 74.7 Å². The highest BCUT2D eigenvalue weighted by atomic mass is 35.5. The van der Waals surface area contributed by atoms with Crippen molar-refractivity contribution in [2.45, 2.75) is 96.3 Å². The summed E-state index contributed by atoms with van der Waals surface area (Å²) in [5.74, 6) is 6.45. The van der Waals surface area contributed by atoms with E-state index in [2.05, 4.69) is 84.3 Å². The van der Waals surface area contributed by atoms with Crippen LogP contribution in [0.5, 0.6) is 5.75 Å². The second-order valence-electron chi connectivity index (χ2n) is 15.6. The lowest BCUT2D eigenvalue weighted by Gasteiger charge is -2.46. The second kappa shape index (κ2) is 19.6. The van der Waals surface area contributed by atoms with Gasteiger partial charge in [0.15, 0.2) is 0 Å². The number of nitrogens with zero attached hydrogens (tertiary/aromatic N) is 3. The van der Waals surface area contributed by atoms with Gasteiger partial charge in [-0.25, -0.2) is 0 Å². The van der Waals surface area contributed by atoms with E-state index in [1.54, 1.807) is 0 Å². The molecule has 2 aromatic rings. The van der Waals surface area contributed by atoms with Crippen molar-refractivity contribution < 1.29 is 14.3 Å². The van der Waals surface area contributed by atoms with Crippen LogP contribution >= 0.6 is 22.3 Å². The predicted octanol–water partition coefficient (Wildman–Crippen LogP) is 8.62. The molecule has 0 spiro atoms. The van der Waals surface area contributed by atoms with Gasteiger partial charge in [-0.15, -0.1) is 0 Å². The van der Waals surface area contributed by atoms with Gasteiger partial charge in [-0.05, 0) is 111 Å². The van der Waals surface area contributed by atoms with Crippen LogP contribution in [0, 0.1) is 17.8 Å². The molecule has 9 heteroatoms. The molecule has 3 aliphatic rings. The number of allylic oxidation sites excluding steroid dienone is 1. The standard InChI is InChI=1S/C43H63ClN4O3S/c1-7-9-13-34(26-47(22-23-49)29-38-14-10-11-21-46(38)5)40-18-15-35(40)27-48-28-36(39-19-17-37(44)24-32(39)12-8-2)30-51-42-20-16-33(25-41(42)48)43(50)45-52(6)31(3)4/h9,13,16-17,19-20,23-25,31,34-36,38,40H,6-8,10-12,14-15,18,21-22,26-30H2,1-5H3,(H,45,50)/b13-9+. The fraction of sp³-hybridized carbons (Fsp3) is 0.605.